The molecule has 1 heterocycles. The first-order chi connectivity index (χ1) is 15.4. The van der Waals surface area contributed by atoms with Gasteiger partial charge in [-0.15, -0.1) is 0 Å². The third-order valence-corrected chi connectivity index (χ3v) is 6.77. The number of primary sulfonamides is 1. The van der Waals surface area contributed by atoms with Gasteiger partial charge in [0.15, 0.2) is 0 Å². The molecule has 0 aliphatic heterocycles. The van der Waals surface area contributed by atoms with Gasteiger partial charge < -0.3 is 15.4 Å². The minimum Gasteiger partial charge on any atom is -0.371 e. The van der Waals surface area contributed by atoms with Crippen LogP contribution in [0.5, 0.6) is 0 Å². The van der Waals surface area contributed by atoms with E-state index < -0.39 is 10.0 Å². The van der Waals surface area contributed by atoms with Gasteiger partial charge in [0.05, 0.1) is 28.1 Å². The predicted octanol–water partition coefficient (Wildman–Crippen LogP) is 4.18. The van der Waals surface area contributed by atoms with Gasteiger partial charge in [-0.3, -0.25) is 0 Å². The topological polar surface area (TPSA) is 119 Å². The van der Waals surface area contributed by atoms with Crippen molar-refractivity contribution in [2.75, 3.05) is 10.6 Å². The lowest BCUT2D eigenvalue weighted by atomic mass is 10.2. The van der Waals surface area contributed by atoms with Crippen LogP contribution in [0.3, 0.4) is 0 Å². The zero-order valence-electron chi connectivity index (χ0n) is 17.2. The van der Waals surface area contributed by atoms with Gasteiger partial charge in [0.25, 0.3) is 0 Å². The van der Waals surface area contributed by atoms with E-state index in [1.165, 1.54) is 12.1 Å². The number of rotatable bonds is 8. The van der Waals surface area contributed by atoms with Gasteiger partial charge in [-0.1, -0.05) is 30.3 Å². The van der Waals surface area contributed by atoms with E-state index in [0.717, 1.165) is 29.3 Å². The van der Waals surface area contributed by atoms with Gasteiger partial charge in [-0.25, -0.2) is 18.5 Å². The quantitative estimate of drug-likeness (QED) is 0.409. The SMILES string of the molecule is NS(=O)(=O)c1ccc(Nc2ncc(Br)c(N[C@H]3CCC[C@@H]3OCc3ccccc3)n2)cc1. The molecule has 168 valence electrons. The van der Waals surface area contributed by atoms with Gasteiger partial charge in [-0.05, 0) is 65.0 Å². The average Bonchev–Trinajstić information content (AvgIpc) is 3.22. The Hall–Kier alpha value is -2.53. The second-order valence-electron chi connectivity index (χ2n) is 7.60. The molecule has 1 aliphatic rings. The smallest absolute Gasteiger partial charge is 0.238 e. The van der Waals surface area contributed by atoms with Crippen molar-refractivity contribution in [3.8, 4) is 0 Å². The molecule has 32 heavy (non-hydrogen) atoms. The Morgan fingerprint density at radius 1 is 1.09 bits per heavy atom. The van der Waals surface area contributed by atoms with E-state index in [1.54, 1.807) is 18.3 Å². The fourth-order valence-electron chi connectivity index (χ4n) is 3.63. The summed E-state index contributed by atoms with van der Waals surface area (Å²) >= 11 is 3.51. The molecule has 1 fully saturated rings. The second kappa shape index (κ2) is 9.95. The molecule has 4 N–H and O–H groups in total. The number of hydrogen-bond donors (Lipinski definition) is 3. The number of nitrogens with two attached hydrogens (primary N) is 1. The summed E-state index contributed by atoms with van der Waals surface area (Å²) in [6.07, 6.45) is 4.84. The van der Waals surface area contributed by atoms with Crippen LogP contribution in [0.25, 0.3) is 0 Å². The van der Waals surface area contributed by atoms with Crippen LogP contribution in [-0.2, 0) is 21.4 Å². The minimum atomic E-state index is -3.73. The Bertz CT molecular complexity index is 1160. The van der Waals surface area contributed by atoms with Crippen LogP contribution >= 0.6 is 15.9 Å². The van der Waals surface area contributed by atoms with E-state index in [1.807, 2.05) is 18.2 Å². The van der Waals surface area contributed by atoms with Crippen molar-refractivity contribution in [1.82, 2.24) is 9.97 Å². The second-order valence-corrected chi connectivity index (χ2v) is 10.0. The summed E-state index contributed by atoms with van der Waals surface area (Å²) in [7, 11) is -3.73. The molecule has 0 radical (unpaired) electrons. The van der Waals surface area contributed by atoms with Gasteiger partial charge >= 0.3 is 0 Å². The first-order valence-electron chi connectivity index (χ1n) is 10.2. The minimum absolute atomic E-state index is 0.0462. The highest BCUT2D eigenvalue weighted by molar-refractivity contribution is 9.10. The van der Waals surface area contributed by atoms with E-state index in [4.69, 9.17) is 9.88 Å². The van der Waals surface area contributed by atoms with Crippen molar-refractivity contribution >= 4 is 43.4 Å². The Kier molecular flexibility index (Phi) is 7.04. The number of benzene rings is 2. The summed E-state index contributed by atoms with van der Waals surface area (Å²) in [6.45, 7) is 0.579. The molecule has 1 saturated carbocycles. The molecule has 2 aromatic carbocycles. The molecule has 0 bridgehead atoms. The molecule has 1 aromatic heterocycles. The summed E-state index contributed by atoms with van der Waals surface area (Å²) in [4.78, 5) is 8.91. The molecule has 10 heteroatoms. The van der Waals surface area contributed by atoms with Crippen LogP contribution in [0.1, 0.15) is 24.8 Å². The number of ether oxygens (including phenoxy) is 1. The lowest BCUT2D eigenvalue weighted by molar-refractivity contribution is 0.0394. The van der Waals surface area contributed by atoms with E-state index in [-0.39, 0.29) is 17.0 Å². The summed E-state index contributed by atoms with van der Waals surface area (Å²) < 4.78 is 29.8. The molecule has 0 spiro atoms. The summed E-state index contributed by atoms with van der Waals surface area (Å²) in [5.74, 6) is 1.06. The monoisotopic (exact) mass is 517 g/mol. The van der Waals surface area contributed by atoms with E-state index in [2.05, 4.69) is 48.7 Å². The van der Waals surface area contributed by atoms with Gasteiger partial charge in [0.2, 0.25) is 16.0 Å². The van der Waals surface area contributed by atoms with Crippen molar-refractivity contribution in [3.63, 3.8) is 0 Å². The fourth-order valence-corrected chi connectivity index (χ4v) is 4.45. The lowest BCUT2D eigenvalue weighted by Crippen LogP contribution is -2.31. The van der Waals surface area contributed by atoms with E-state index >= 15 is 0 Å². The molecular formula is C22H24BrN5O3S. The summed E-state index contributed by atoms with van der Waals surface area (Å²) in [6, 6.07) is 16.4. The zero-order valence-corrected chi connectivity index (χ0v) is 19.6. The van der Waals surface area contributed by atoms with Crippen molar-refractivity contribution in [2.24, 2.45) is 5.14 Å². The van der Waals surface area contributed by atoms with Crippen molar-refractivity contribution < 1.29 is 13.2 Å². The maximum absolute atomic E-state index is 11.4. The standard InChI is InChI=1S/C22H24BrN5O3S/c23-18-13-25-22(26-16-9-11-17(12-10-16)32(24,29)30)28-21(18)27-19-7-4-8-20(19)31-14-15-5-2-1-3-6-15/h1-3,5-6,9-13,19-20H,4,7-8,14H2,(H2,24,29,30)(H2,25,26,27,28)/t19-,20-/m0/s1. The molecule has 2 atom stereocenters. The van der Waals surface area contributed by atoms with Crippen LogP contribution in [0.4, 0.5) is 17.5 Å². The van der Waals surface area contributed by atoms with Crippen LogP contribution in [0, 0.1) is 0 Å². The average molecular weight is 518 g/mol. The highest BCUT2D eigenvalue weighted by Gasteiger charge is 2.29. The normalized spacial score (nSPS) is 18.4. The van der Waals surface area contributed by atoms with Crippen LogP contribution in [0.15, 0.2) is 70.2 Å². The summed E-state index contributed by atoms with van der Waals surface area (Å²) in [5.41, 5.74) is 1.80. The number of aromatic nitrogens is 2. The number of halogens is 1. The van der Waals surface area contributed by atoms with Gasteiger partial charge in [-0.2, -0.15) is 4.98 Å². The maximum atomic E-state index is 11.4. The van der Waals surface area contributed by atoms with Crippen molar-refractivity contribution in [1.29, 1.82) is 0 Å². The van der Waals surface area contributed by atoms with Gasteiger partial charge in [0, 0.05) is 11.9 Å². The molecule has 1 aliphatic carbocycles. The predicted molar refractivity (Wildman–Crippen MR) is 127 cm³/mol. The van der Waals surface area contributed by atoms with Crippen molar-refractivity contribution in [3.05, 3.63) is 70.8 Å². The number of nitrogens with zero attached hydrogens (tertiary/aromatic N) is 2. The van der Waals surface area contributed by atoms with Crippen molar-refractivity contribution in [2.45, 2.75) is 42.9 Å². The highest BCUT2D eigenvalue weighted by Crippen LogP contribution is 2.29. The molecule has 8 nitrogen and oxygen atoms in total. The number of sulfonamides is 1. The summed E-state index contributed by atoms with van der Waals surface area (Å²) in [5, 5.41) is 11.7. The Morgan fingerprint density at radius 2 is 1.84 bits per heavy atom. The largest absolute Gasteiger partial charge is 0.371 e. The molecule has 4 rings (SSSR count). The van der Waals surface area contributed by atoms with Crippen LogP contribution < -0.4 is 15.8 Å². The first kappa shape index (κ1) is 22.7. The zero-order chi connectivity index (χ0) is 22.6. The van der Waals surface area contributed by atoms with E-state index in [0.29, 0.717) is 24.1 Å². The van der Waals surface area contributed by atoms with Gasteiger partial charge in [0.1, 0.15) is 5.82 Å². The molecule has 0 amide bonds. The third-order valence-electron chi connectivity index (χ3n) is 5.26. The Morgan fingerprint density at radius 3 is 2.56 bits per heavy atom. The van der Waals surface area contributed by atoms with Crippen LogP contribution in [0.2, 0.25) is 0 Å². The molecular weight excluding hydrogens is 494 g/mol. The number of anilines is 3. The Balaban J connectivity index is 1.42. The molecule has 0 saturated heterocycles. The van der Waals surface area contributed by atoms with E-state index in [9.17, 15) is 8.42 Å². The Labute approximate surface area is 195 Å². The van der Waals surface area contributed by atoms with Crippen LogP contribution in [-0.4, -0.2) is 30.5 Å². The first-order valence-corrected chi connectivity index (χ1v) is 12.6. The molecule has 3 aromatic rings. The number of hydrogen-bond acceptors (Lipinski definition) is 7. The highest BCUT2D eigenvalue weighted by atomic mass is 79.9. The lowest BCUT2D eigenvalue weighted by Gasteiger charge is -2.23. The third kappa shape index (κ3) is 5.83. The number of nitrogens with one attached hydrogen (secondary N) is 2. The fraction of sp³-hybridized carbons (Fsp3) is 0.273. The maximum Gasteiger partial charge on any atom is 0.238 e. The molecule has 0 unspecified atom stereocenters.